The lowest BCUT2D eigenvalue weighted by Crippen LogP contribution is -2.56. The summed E-state index contributed by atoms with van der Waals surface area (Å²) in [4.78, 5) is 19.4. The van der Waals surface area contributed by atoms with Crippen LogP contribution in [0.15, 0.2) is 5.51 Å². The molecule has 2 aliphatic rings. The van der Waals surface area contributed by atoms with E-state index in [9.17, 15) is 4.79 Å². The Bertz CT molecular complexity index is 509. The van der Waals surface area contributed by atoms with Gasteiger partial charge in [0.1, 0.15) is 4.88 Å². The molecule has 1 atom stereocenters. The molecule has 1 spiro atoms. The van der Waals surface area contributed by atoms with E-state index in [2.05, 4.69) is 4.98 Å². The number of methoxy groups -OCH3 is 1. The van der Waals surface area contributed by atoms with Gasteiger partial charge >= 0.3 is 0 Å². The Morgan fingerprint density at radius 3 is 2.90 bits per heavy atom. The minimum atomic E-state index is -0.188. The molecule has 6 heteroatoms. The number of rotatable bonds is 2. The zero-order valence-electron chi connectivity index (χ0n) is 12.6. The van der Waals surface area contributed by atoms with Gasteiger partial charge < -0.3 is 14.4 Å². The largest absolute Gasteiger partial charge is 0.378 e. The summed E-state index contributed by atoms with van der Waals surface area (Å²) in [7, 11) is 1.76. The molecule has 0 unspecified atom stereocenters. The summed E-state index contributed by atoms with van der Waals surface area (Å²) in [5, 5.41) is 0. The molecule has 2 saturated heterocycles. The van der Waals surface area contributed by atoms with Crippen LogP contribution in [0.5, 0.6) is 0 Å². The highest BCUT2D eigenvalue weighted by Crippen LogP contribution is 2.37. The van der Waals surface area contributed by atoms with Gasteiger partial charge in [0, 0.05) is 26.8 Å². The topological polar surface area (TPSA) is 51.7 Å². The van der Waals surface area contributed by atoms with Crippen molar-refractivity contribution in [3.63, 3.8) is 0 Å². The number of hydrogen-bond donors (Lipinski definition) is 0. The van der Waals surface area contributed by atoms with Crippen LogP contribution in [0.3, 0.4) is 0 Å². The van der Waals surface area contributed by atoms with E-state index in [1.54, 1.807) is 12.6 Å². The summed E-state index contributed by atoms with van der Waals surface area (Å²) in [6.07, 6.45) is 3.99. The molecule has 0 aliphatic carbocycles. The van der Waals surface area contributed by atoms with Crippen molar-refractivity contribution in [1.82, 2.24) is 9.88 Å². The van der Waals surface area contributed by atoms with Gasteiger partial charge in [-0.3, -0.25) is 4.79 Å². The second kappa shape index (κ2) is 6.02. The van der Waals surface area contributed by atoms with Gasteiger partial charge in [0.25, 0.3) is 5.91 Å². The first kappa shape index (κ1) is 14.9. The molecule has 0 aromatic carbocycles. The standard InChI is InChI=1S/C15H22N2O3S/c1-11-13(21-10-16-11)14(18)17-7-5-15(6-8-17)12(19-2)4-3-9-20-15/h10,12H,3-9H2,1-2H3/t12-/m0/s1. The quantitative estimate of drug-likeness (QED) is 0.841. The van der Waals surface area contributed by atoms with E-state index in [1.807, 2.05) is 11.8 Å². The van der Waals surface area contributed by atoms with Crippen LogP contribution in [-0.2, 0) is 9.47 Å². The zero-order valence-corrected chi connectivity index (χ0v) is 13.4. The number of amides is 1. The molecular weight excluding hydrogens is 288 g/mol. The van der Waals surface area contributed by atoms with E-state index in [0.717, 1.165) is 56.0 Å². The number of likely N-dealkylation sites (tertiary alicyclic amines) is 1. The fraction of sp³-hybridized carbons (Fsp3) is 0.733. The molecule has 5 nitrogen and oxygen atoms in total. The van der Waals surface area contributed by atoms with Crippen LogP contribution in [0.25, 0.3) is 0 Å². The Balaban J connectivity index is 1.67. The molecule has 3 heterocycles. The first-order valence-electron chi connectivity index (χ1n) is 7.52. The Morgan fingerprint density at radius 1 is 1.52 bits per heavy atom. The van der Waals surface area contributed by atoms with Gasteiger partial charge in [-0.05, 0) is 32.6 Å². The highest BCUT2D eigenvalue weighted by molar-refractivity contribution is 7.11. The lowest BCUT2D eigenvalue weighted by atomic mass is 9.82. The molecule has 3 rings (SSSR count). The van der Waals surface area contributed by atoms with Crippen LogP contribution in [-0.4, -0.2) is 54.3 Å². The van der Waals surface area contributed by atoms with Crippen molar-refractivity contribution < 1.29 is 14.3 Å². The van der Waals surface area contributed by atoms with Crippen molar-refractivity contribution in [2.75, 3.05) is 26.8 Å². The summed E-state index contributed by atoms with van der Waals surface area (Å²) in [5.41, 5.74) is 2.38. The van der Waals surface area contributed by atoms with E-state index >= 15 is 0 Å². The third-order valence-corrected chi connectivity index (χ3v) is 5.62. The predicted octanol–water partition coefficient (Wildman–Crippen LogP) is 2.25. The average molecular weight is 310 g/mol. The maximum atomic E-state index is 12.5. The minimum Gasteiger partial charge on any atom is -0.378 e. The Labute approximate surface area is 129 Å². The SMILES string of the molecule is CO[C@H]1CCCOC12CCN(C(=O)c1scnc1C)CC2. The number of ether oxygens (including phenoxy) is 2. The molecule has 2 aliphatic heterocycles. The number of nitrogens with zero attached hydrogens (tertiary/aromatic N) is 2. The van der Waals surface area contributed by atoms with Crippen LogP contribution in [0.1, 0.15) is 41.0 Å². The van der Waals surface area contributed by atoms with Crippen molar-refractivity contribution >= 4 is 17.2 Å². The fourth-order valence-electron chi connectivity index (χ4n) is 3.44. The van der Waals surface area contributed by atoms with Crippen molar-refractivity contribution in [3.8, 4) is 0 Å². The van der Waals surface area contributed by atoms with Crippen molar-refractivity contribution in [2.24, 2.45) is 0 Å². The molecule has 0 bridgehead atoms. The number of carbonyl (C=O) groups is 1. The van der Waals surface area contributed by atoms with Crippen LogP contribution < -0.4 is 0 Å². The van der Waals surface area contributed by atoms with Crippen LogP contribution in [0.2, 0.25) is 0 Å². The molecular formula is C15H22N2O3S. The number of thiazole rings is 1. The smallest absolute Gasteiger partial charge is 0.265 e. The van der Waals surface area contributed by atoms with Crippen molar-refractivity contribution in [2.45, 2.75) is 44.3 Å². The second-order valence-corrected chi connectivity index (χ2v) is 6.69. The van der Waals surface area contributed by atoms with E-state index in [1.165, 1.54) is 11.3 Å². The van der Waals surface area contributed by atoms with Gasteiger partial charge in [0.15, 0.2) is 0 Å². The van der Waals surface area contributed by atoms with Gasteiger partial charge in [-0.2, -0.15) is 0 Å². The van der Waals surface area contributed by atoms with E-state index in [4.69, 9.17) is 9.47 Å². The van der Waals surface area contributed by atoms with Gasteiger partial charge in [0.2, 0.25) is 0 Å². The lowest BCUT2D eigenvalue weighted by Gasteiger charge is -2.47. The maximum Gasteiger partial charge on any atom is 0.265 e. The van der Waals surface area contributed by atoms with Gasteiger partial charge in [0.05, 0.1) is 22.9 Å². The van der Waals surface area contributed by atoms with Crippen LogP contribution in [0.4, 0.5) is 0 Å². The zero-order chi connectivity index (χ0) is 14.9. The lowest BCUT2D eigenvalue weighted by molar-refractivity contribution is -0.183. The van der Waals surface area contributed by atoms with Crippen molar-refractivity contribution in [1.29, 1.82) is 0 Å². The number of piperidine rings is 1. The summed E-state index contributed by atoms with van der Waals surface area (Å²) in [6.45, 7) is 4.16. The molecule has 0 radical (unpaired) electrons. The molecule has 0 N–H and O–H groups in total. The first-order valence-corrected chi connectivity index (χ1v) is 8.40. The molecule has 1 amide bonds. The molecule has 1 aromatic rings. The highest BCUT2D eigenvalue weighted by Gasteiger charge is 2.45. The maximum absolute atomic E-state index is 12.5. The molecule has 1 aromatic heterocycles. The Hall–Kier alpha value is -0.980. The van der Waals surface area contributed by atoms with E-state index in [-0.39, 0.29) is 17.6 Å². The highest BCUT2D eigenvalue weighted by atomic mass is 32.1. The summed E-state index contributed by atoms with van der Waals surface area (Å²) in [5.74, 6) is 0.106. The summed E-state index contributed by atoms with van der Waals surface area (Å²) >= 11 is 1.43. The number of hydrogen-bond acceptors (Lipinski definition) is 5. The number of carbonyl (C=O) groups excluding carboxylic acids is 1. The van der Waals surface area contributed by atoms with Crippen LogP contribution >= 0.6 is 11.3 Å². The summed E-state index contributed by atoms with van der Waals surface area (Å²) < 4.78 is 11.7. The molecule has 0 saturated carbocycles. The average Bonchev–Trinajstić information content (AvgIpc) is 2.94. The third-order valence-electron chi connectivity index (χ3n) is 4.71. The van der Waals surface area contributed by atoms with Gasteiger partial charge in [-0.15, -0.1) is 11.3 Å². The first-order chi connectivity index (χ1) is 10.2. The van der Waals surface area contributed by atoms with Crippen molar-refractivity contribution in [3.05, 3.63) is 16.1 Å². The monoisotopic (exact) mass is 310 g/mol. The molecule has 116 valence electrons. The normalized spacial score (nSPS) is 25.2. The third kappa shape index (κ3) is 2.72. The van der Waals surface area contributed by atoms with E-state index < -0.39 is 0 Å². The molecule has 2 fully saturated rings. The second-order valence-electron chi connectivity index (χ2n) is 5.84. The van der Waals surface area contributed by atoms with E-state index in [0.29, 0.717) is 0 Å². The summed E-state index contributed by atoms with van der Waals surface area (Å²) in [6, 6.07) is 0. The molecule has 21 heavy (non-hydrogen) atoms. The fourth-order valence-corrected chi connectivity index (χ4v) is 4.21. The van der Waals surface area contributed by atoms with Gasteiger partial charge in [-0.25, -0.2) is 4.98 Å². The number of aromatic nitrogens is 1. The van der Waals surface area contributed by atoms with Crippen LogP contribution in [0, 0.1) is 6.92 Å². The predicted molar refractivity (Wildman–Crippen MR) is 80.7 cm³/mol. The number of aryl methyl sites for hydroxylation is 1. The Morgan fingerprint density at radius 2 is 2.29 bits per heavy atom. The van der Waals surface area contributed by atoms with Gasteiger partial charge in [-0.1, -0.05) is 0 Å². The Kier molecular flexibility index (Phi) is 4.28. The minimum absolute atomic E-state index is 0.106.